The van der Waals surface area contributed by atoms with Crippen molar-refractivity contribution < 1.29 is 0 Å². The van der Waals surface area contributed by atoms with Gasteiger partial charge in [0.05, 0.1) is 0 Å². The molecule has 0 aliphatic rings. The molecule has 0 radical (unpaired) electrons. The summed E-state index contributed by atoms with van der Waals surface area (Å²) in [5, 5.41) is 0. The smallest absolute Gasteiger partial charge is 0.0279 e. The number of benzene rings is 1. The van der Waals surface area contributed by atoms with Crippen molar-refractivity contribution in [2.45, 2.75) is 104 Å². The van der Waals surface area contributed by atoms with E-state index in [0.29, 0.717) is 0 Å². The zero-order valence-electron chi connectivity index (χ0n) is 15.9. The van der Waals surface area contributed by atoms with E-state index in [2.05, 4.69) is 44.2 Å². The monoisotopic (exact) mass is 316 g/mol. The van der Waals surface area contributed by atoms with Crippen molar-refractivity contribution in [3.8, 4) is 0 Å². The first kappa shape index (κ1) is 20.3. The van der Waals surface area contributed by atoms with Gasteiger partial charge in [0, 0.05) is 0 Å². The lowest BCUT2D eigenvalue weighted by atomic mass is 10.0. The maximum absolute atomic E-state index is 2.33. The average Bonchev–Trinajstić information content (AvgIpc) is 2.56. The van der Waals surface area contributed by atoms with Gasteiger partial charge in [-0.3, -0.25) is 0 Å². The Hall–Kier alpha value is -0.780. The maximum Gasteiger partial charge on any atom is -0.0279 e. The molecule has 0 aromatic heterocycles. The van der Waals surface area contributed by atoms with E-state index < -0.39 is 0 Å². The molecule has 0 amide bonds. The minimum atomic E-state index is 0.891. The molecular weight excluding hydrogens is 276 g/mol. The van der Waals surface area contributed by atoms with E-state index in [1.54, 1.807) is 0 Å². The van der Waals surface area contributed by atoms with Gasteiger partial charge in [0.15, 0.2) is 0 Å². The number of hydrogen-bond acceptors (Lipinski definition) is 0. The summed E-state index contributed by atoms with van der Waals surface area (Å²) in [6.45, 7) is 4.67. The Morgan fingerprint density at radius 2 is 1.00 bits per heavy atom. The highest BCUT2D eigenvalue weighted by Crippen LogP contribution is 2.14. The highest BCUT2D eigenvalue weighted by Gasteiger charge is 1.96. The molecule has 1 aromatic rings. The van der Waals surface area contributed by atoms with Crippen LogP contribution in [0.25, 0.3) is 0 Å². The lowest BCUT2D eigenvalue weighted by Gasteiger charge is -2.05. The summed E-state index contributed by atoms with van der Waals surface area (Å²) in [5.74, 6) is 0.891. The Morgan fingerprint density at radius 3 is 1.48 bits per heavy atom. The number of hydrogen-bond donors (Lipinski definition) is 0. The van der Waals surface area contributed by atoms with E-state index in [4.69, 9.17) is 0 Å². The van der Waals surface area contributed by atoms with Crippen LogP contribution in [0.4, 0.5) is 0 Å². The van der Waals surface area contributed by atoms with Crippen molar-refractivity contribution in [2.75, 3.05) is 0 Å². The molecule has 0 saturated heterocycles. The van der Waals surface area contributed by atoms with E-state index in [0.717, 1.165) is 5.92 Å². The van der Waals surface area contributed by atoms with Crippen LogP contribution in [0, 0.1) is 5.92 Å². The summed E-state index contributed by atoms with van der Waals surface area (Å²) >= 11 is 0. The second kappa shape index (κ2) is 14.8. The van der Waals surface area contributed by atoms with Crippen molar-refractivity contribution in [1.29, 1.82) is 0 Å². The summed E-state index contributed by atoms with van der Waals surface area (Å²) in [5.41, 5.74) is 1.50. The molecule has 0 fully saturated rings. The molecule has 0 nitrogen and oxygen atoms in total. The molecule has 132 valence electrons. The van der Waals surface area contributed by atoms with Crippen molar-refractivity contribution in [2.24, 2.45) is 5.92 Å². The largest absolute Gasteiger partial charge is 0.0628 e. The third-order valence-electron chi connectivity index (χ3n) is 4.84. The van der Waals surface area contributed by atoms with Gasteiger partial charge in [-0.05, 0) is 24.3 Å². The lowest BCUT2D eigenvalue weighted by molar-refractivity contribution is 0.503. The number of aryl methyl sites for hydroxylation is 1. The van der Waals surface area contributed by atoms with Gasteiger partial charge in [0.25, 0.3) is 0 Å². The van der Waals surface area contributed by atoms with Crippen molar-refractivity contribution in [3.05, 3.63) is 35.9 Å². The third-order valence-corrected chi connectivity index (χ3v) is 4.84. The van der Waals surface area contributed by atoms with E-state index in [1.807, 2.05) is 0 Å². The summed E-state index contributed by atoms with van der Waals surface area (Å²) in [6.07, 6.45) is 20.0. The number of unbranched alkanes of at least 4 members (excludes halogenated alkanes) is 11. The summed E-state index contributed by atoms with van der Waals surface area (Å²) in [7, 11) is 0. The first-order chi connectivity index (χ1) is 11.3. The first-order valence-corrected chi connectivity index (χ1v) is 10.3. The molecule has 0 bridgehead atoms. The SMILES string of the molecule is CC(C)CCCCCCCCCCCCCCc1ccccc1. The molecule has 0 heterocycles. The zero-order chi connectivity index (χ0) is 16.6. The Bertz CT molecular complexity index is 338. The van der Waals surface area contributed by atoms with Crippen LogP contribution in [0.3, 0.4) is 0 Å². The van der Waals surface area contributed by atoms with Crippen LogP contribution in [-0.4, -0.2) is 0 Å². The van der Waals surface area contributed by atoms with Gasteiger partial charge < -0.3 is 0 Å². The predicted octanol–water partition coefficient (Wildman–Crippen LogP) is 7.96. The van der Waals surface area contributed by atoms with E-state index >= 15 is 0 Å². The summed E-state index contributed by atoms with van der Waals surface area (Å²) < 4.78 is 0. The molecular formula is C23H40. The van der Waals surface area contributed by atoms with Gasteiger partial charge in [0.1, 0.15) is 0 Å². The van der Waals surface area contributed by atoms with E-state index in [1.165, 1.54) is 95.5 Å². The molecule has 0 saturated carbocycles. The zero-order valence-corrected chi connectivity index (χ0v) is 15.9. The summed E-state index contributed by atoms with van der Waals surface area (Å²) in [6, 6.07) is 10.9. The van der Waals surface area contributed by atoms with E-state index in [9.17, 15) is 0 Å². The molecule has 1 aromatic carbocycles. The van der Waals surface area contributed by atoms with Crippen molar-refractivity contribution in [3.63, 3.8) is 0 Å². The average molecular weight is 317 g/mol. The predicted molar refractivity (Wildman–Crippen MR) is 105 cm³/mol. The first-order valence-electron chi connectivity index (χ1n) is 10.3. The Kier molecular flexibility index (Phi) is 13.0. The van der Waals surface area contributed by atoms with Crippen LogP contribution in [0.5, 0.6) is 0 Å². The van der Waals surface area contributed by atoms with Crippen LogP contribution >= 0.6 is 0 Å². The van der Waals surface area contributed by atoms with Gasteiger partial charge >= 0.3 is 0 Å². The Morgan fingerprint density at radius 1 is 0.565 bits per heavy atom. The van der Waals surface area contributed by atoms with Crippen LogP contribution in [0.15, 0.2) is 30.3 Å². The second-order valence-electron chi connectivity index (χ2n) is 7.66. The van der Waals surface area contributed by atoms with Crippen LogP contribution < -0.4 is 0 Å². The highest BCUT2D eigenvalue weighted by molar-refractivity contribution is 5.14. The molecule has 0 heteroatoms. The van der Waals surface area contributed by atoms with Crippen LogP contribution in [0.2, 0.25) is 0 Å². The molecule has 0 unspecified atom stereocenters. The topological polar surface area (TPSA) is 0 Å². The standard InChI is InChI=1S/C23H40/c1-22(2)18-14-11-9-7-5-3-4-6-8-10-12-15-19-23-20-16-13-17-21-23/h13,16-17,20-22H,3-12,14-15,18-19H2,1-2H3. The van der Waals surface area contributed by atoms with Gasteiger partial charge in [-0.1, -0.05) is 121 Å². The molecule has 0 N–H and O–H groups in total. The molecule has 0 aliphatic carbocycles. The van der Waals surface area contributed by atoms with Gasteiger partial charge in [-0.15, -0.1) is 0 Å². The van der Waals surface area contributed by atoms with E-state index in [-0.39, 0.29) is 0 Å². The lowest BCUT2D eigenvalue weighted by Crippen LogP contribution is -1.87. The molecule has 0 aliphatic heterocycles. The van der Waals surface area contributed by atoms with Gasteiger partial charge in [-0.2, -0.15) is 0 Å². The number of rotatable bonds is 15. The Balaban J connectivity index is 1.73. The summed E-state index contributed by atoms with van der Waals surface area (Å²) in [4.78, 5) is 0. The van der Waals surface area contributed by atoms with Crippen molar-refractivity contribution >= 4 is 0 Å². The van der Waals surface area contributed by atoms with Gasteiger partial charge in [-0.25, -0.2) is 0 Å². The van der Waals surface area contributed by atoms with Crippen LogP contribution in [-0.2, 0) is 6.42 Å². The fourth-order valence-electron chi connectivity index (χ4n) is 3.29. The minimum absolute atomic E-state index is 0.891. The maximum atomic E-state index is 2.33. The molecule has 1 rings (SSSR count). The molecule has 0 spiro atoms. The molecule has 23 heavy (non-hydrogen) atoms. The minimum Gasteiger partial charge on any atom is -0.0628 e. The second-order valence-corrected chi connectivity index (χ2v) is 7.66. The van der Waals surface area contributed by atoms with Crippen molar-refractivity contribution in [1.82, 2.24) is 0 Å². The van der Waals surface area contributed by atoms with Gasteiger partial charge in [0.2, 0.25) is 0 Å². The normalized spacial score (nSPS) is 11.3. The Labute approximate surface area is 146 Å². The quantitative estimate of drug-likeness (QED) is 0.288. The van der Waals surface area contributed by atoms with Crippen LogP contribution in [0.1, 0.15) is 103 Å². The highest BCUT2D eigenvalue weighted by atomic mass is 14.0. The molecule has 0 atom stereocenters. The third kappa shape index (κ3) is 13.4. The fraction of sp³-hybridized carbons (Fsp3) is 0.739. The fourth-order valence-corrected chi connectivity index (χ4v) is 3.29.